The Morgan fingerprint density at radius 3 is 2.67 bits per heavy atom. The first-order valence-corrected chi connectivity index (χ1v) is 9.59. The van der Waals surface area contributed by atoms with Gasteiger partial charge in [0.2, 0.25) is 0 Å². The van der Waals surface area contributed by atoms with E-state index in [2.05, 4.69) is 25.7 Å². The van der Waals surface area contributed by atoms with Crippen LogP contribution in [0.5, 0.6) is 0 Å². The van der Waals surface area contributed by atoms with E-state index in [1.807, 2.05) is 20.8 Å². The Morgan fingerprint density at radius 2 is 1.96 bits per heavy atom. The molecule has 3 heterocycles. The minimum atomic E-state index is -0.544. The zero-order valence-corrected chi connectivity index (χ0v) is 16.4. The maximum absolute atomic E-state index is 12.6. The van der Waals surface area contributed by atoms with Gasteiger partial charge in [0.25, 0.3) is 5.91 Å². The van der Waals surface area contributed by atoms with Gasteiger partial charge < -0.3 is 20.3 Å². The molecule has 150 valence electrons. The predicted octanol–water partition coefficient (Wildman–Crippen LogP) is 0.338. The number of H-pyrrole nitrogens is 1. The van der Waals surface area contributed by atoms with Crippen LogP contribution in [0.2, 0.25) is 0 Å². The number of aromatic amines is 1. The van der Waals surface area contributed by atoms with Crippen LogP contribution in [-0.2, 0) is 17.7 Å². The first kappa shape index (κ1) is 19.6. The van der Waals surface area contributed by atoms with Gasteiger partial charge in [-0.1, -0.05) is 0 Å². The summed E-state index contributed by atoms with van der Waals surface area (Å²) in [6.45, 7) is 11.8. The summed E-state index contributed by atoms with van der Waals surface area (Å²) < 4.78 is 5.45. The Labute approximate surface area is 159 Å². The lowest BCUT2D eigenvalue weighted by Crippen LogP contribution is -2.46. The van der Waals surface area contributed by atoms with Crippen LogP contribution in [0, 0.1) is 0 Å². The third-order valence-corrected chi connectivity index (χ3v) is 4.72. The first-order chi connectivity index (χ1) is 12.8. The number of nitrogens with zero attached hydrogens (tertiary/aromatic N) is 3. The summed E-state index contributed by atoms with van der Waals surface area (Å²) in [5, 5.41) is 13.4. The number of carbonyl (C=O) groups is 2. The number of hydrogen-bond acceptors (Lipinski definition) is 6. The summed E-state index contributed by atoms with van der Waals surface area (Å²) in [4.78, 5) is 28.8. The maximum Gasteiger partial charge on any atom is 0.410 e. The van der Waals surface area contributed by atoms with Gasteiger partial charge in [0.1, 0.15) is 5.60 Å². The third kappa shape index (κ3) is 5.20. The van der Waals surface area contributed by atoms with Gasteiger partial charge in [0.05, 0.1) is 6.54 Å². The van der Waals surface area contributed by atoms with E-state index in [4.69, 9.17) is 4.74 Å². The summed E-state index contributed by atoms with van der Waals surface area (Å²) in [5.74, 6) is -0.200. The molecule has 2 amide bonds. The van der Waals surface area contributed by atoms with Crippen LogP contribution in [-0.4, -0.2) is 83.4 Å². The van der Waals surface area contributed by atoms with Crippen LogP contribution in [0.1, 0.15) is 42.5 Å². The molecule has 0 spiro atoms. The van der Waals surface area contributed by atoms with Gasteiger partial charge in [0.15, 0.2) is 5.69 Å². The Bertz CT molecular complexity index is 675. The van der Waals surface area contributed by atoms with Crippen LogP contribution >= 0.6 is 0 Å². The molecule has 2 aliphatic rings. The molecule has 0 radical (unpaired) electrons. The third-order valence-electron chi connectivity index (χ3n) is 4.72. The molecule has 2 aliphatic heterocycles. The quantitative estimate of drug-likeness (QED) is 0.698. The molecule has 3 rings (SSSR count). The summed E-state index contributed by atoms with van der Waals surface area (Å²) in [5.41, 5.74) is 1.53. The molecule has 1 fully saturated rings. The standard InChI is InChI=1S/C18H30N6O3/c1-18(2,3)27-17(26)24-8-4-14-13(12-24)15(22-21-14)16(25)20-7-11-23-9-5-19-6-10-23/h19H,4-12H2,1-3H3,(H,20,25)(H,21,22). The zero-order valence-electron chi connectivity index (χ0n) is 16.4. The second-order valence-electron chi connectivity index (χ2n) is 8.03. The van der Waals surface area contributed by atoms with E-state index in [0.717, 1.165) is 44.0 Å². The summed E-state index contributed by atoms with van der Waals surface area (Å²) in [7, 11) is 0. The SMILES string of the molecule is CC(C)(C)OC(=O)N1CCc2[nH]nc(C(=O)NCCN3CCNCC3)c2C1. The minimum absolute atomic E-state index is 0.200. The molecule has 1 aromatic rings. The molecule has 9 heteroatoms. The number of piperazine rings is 1. The van der Waals surface area contributed by atoms with Gasteiger partial charge >= 0.3 is 6.09 Å². The highest BCUT2D eigenvalue weighted by molar-refractivity contribution is 5.94. The van der Waals surface area contributed by atoms with Crippen molar-refractivity contribution in [2.45, 2.75) is 39.3 Å². The van der Waals surface area contributed by atoms with Gasteiger partial charge in [-0.05, 0) is 20.8 Å². The number of rotatable bonds is 4. The molecule has 9 nitrogen and oxygen atoms in total. The fourth-order valence-electron chi connectivity index (χ4n) is 3.31. The second kappa shape index (κ2) is 8.26. The van der Waals surface area contributed by atoms with E-state index in [0.29, 0.717) is 31.7 Å². The molecule has 0 atom stereocenters. The van der Waals surface area contributed by atoms with Gasteiger partial charge in [-0.25, -0.2) is 4.79 Å². The fourth-order valence-corrected chi connectivity index (χ4v) is 3.31. The van der Waals surface area contributed by atoms with Crippen molar-refractivity contribution in [3.05, 3.63) is 17.0 Å². The van der Waals surface area contributed by atoms with E-state index >= 15 is 0 Å². The highest BCUT2D eigenvalue weighted by Gasteiger charge is 2.30. The molecule has 0 saturated carbocycles. The number of hydrogen-bond donors (Lipinski definition) is 3. The first-order valence-electron chi connectivity index (χ1n) is 9.59. The van der Waals surface area contributed by atoms with Gasteiger partial charge in [0, 0.05) is 63.5 Å². The van der Waals surface area contributed by atoms with E-state index in [1.165, 1.54) is 0 Å². The average Bonchev–Trinajstić information content (AvgIpc) is 3.04. The predicted molar refractivity (Wildman–Crippen MR) is 101 cm³/mol. The molecule has 0 unspecified atom stereocenters. The van der Waals surface area contributed by atoms with E-state index < -0.39 is 5.60 Å². The second-order valence-corrected chi connectivity index (χ2v) is 8.03. The lowest BCUT2D eigenvalue weighted by Gasteiger charge is -2.30. The fraction of sp³-hybridized carbons (Fsp3) is 0.722. The largest absolute Gasteiger partial charge is 0.444 e. The Hall–Kier alpha value is -2.13. The normalized spacial score (nSPS) is 18.1. The summed E-state index contributed by atoms with van der Waals surface area (Å²) in [6, 6.07) is 0. The van der Waals surface area contributed by atoms with Crippen LogP contribution in [0.15, 0.2) is 0 Å². The molecule has 27 heavy (non-hydrogen) atoms. The van der Waals surface area contributed by atoms with Crippen molar-refractivity contribution in [3.8, 4) is 0 Å². The molecule has 0 bridgehead atoms. The molecule has 3 N–H and O–H groups in total. The Balaban J connectivity index is 1.56. The van der Waals surface area contributed by atoms with Crippen LogP contribution in [0.4, 0.5) is 4.79 Å². The molecule has 1 saturated heterocycles. The lowest BCUT2D eigenvalue weighted by atomic mass is 10.1. The van der Waals surface area contributed by atoms with Crippen LogP contribution in [0.3, 0.4) is 0 Å². The number of nitrogens with one attached hydrogen (secondary N) is 3. The Kier molecular flexibility index (Phi) is 6.01. The monoisotopic (exact) mass is 378 g/mol. The number of aromatic nitrogens is 2. The average molecular weight is 378 g/mol. The molecule has 0 aliphatic carbocycles. The molecular formula is C18H30N6O3. The maximum atomic E-state index is 12.6. The molecule has 1 aromatic heterocycles. The van der Waals surface area contributed by atoms with E-state index in [1.54, 1.807) is 4.90 Å². The highest BCUT2D eigenvalue weighted by atomic mass is 16.6. The smallest absolute Gasteiger partial charge is 0.410 e. The Morgan fingerprint density at radius 1 is 1.22 bits per heavy atom. The molecular weight excluding hydrogens is 348 g/mol. The highest BCUT2D eigenvalue weighted by Crippen LogP contribution is 2.22. The van der Waals surface area contributed by atoms with Crippen LogP contribution in [0.25, 0.3) is 0 Å². The summed E-state index contributed by atoms with van der Waals surface area (Å²) >= 11 is 0. The van der Waals surface area contributed by atoms with E-state index in [-0.39, 0.29) is 12.0 Å². The van der Waals surface area contributed by atoms with Crippen molar-refractivity contribution >= 4 is 12.0 Å². The van der Waals surface area contributed by atoms with Gasteiger partial charge in [-0.15, -0.1) is 0 Å². The van der Waals surface area contributed by atoms with Crippen molar-refractivity contribution in [3.63, 3.8) is 0 Å². The number of carbonyl (C=O) groups excluding carboxylic acids is 2. The topological polar surface area (TPSA) is 103 Å². The number of ether oxygens (including phenoxy) is 1. The van der Waals surface area contributed by atoms with E-state index in [9.17, 15) is 9.59 Å². The molecule has 0 aromatic carbocycles. The number of fused-ring (bicyclic) bond motifs is 1. The minimum Gasteiger partial charge on any atom is -0.444 e. The van der Waals surface area contributed by atoms with Crippen molar-refractivity contribution in [1.29, 1.82) is 0 Å². The van der Waals surface area contributed by atoms with Crippen molar-refractivity contribution in [2.75, 3.05) is 45.8 Å². The van der Waals surface area contributed by atoms with Crippen molar-refractivity contribution in [1.82, 2.24) is 30.6 Å². The summed E-state index contributed by atoms with van der Waals surface area (Å²) in [6.07, 6.45) is 0.273. The zero-order chi connectivity index (χ0) is 19.4. The van der Waals surface area contributed by atoms with Crippen LogP contribution < -0.4 is 10.6 Å². The van der Waals surface area contributed by atoms with Gasteiger partial charge in [-0.3, -0.25) is 14.8 Å². The van der Waals surface area contributed by atoms with Gasteiger partial charge in [-0.2, -0.15) is 5.10 Å². The lowest BCUT2D eigenvalue weighted by molar-refractivity contribution is 0.0222. The van der Waals surface area contributed by atoms with Crippen molar-refractivity contribution in [2.24, 2.45) is 0 Å². The van der Waals surface area contributed by atoms with Crippen molar-refractivity contribution < 1.29 is 14.3 Å². The number of amides is 2.